The molecule has 2 aliphatic heterocycles. The number of nitrogens with zero attached hydrogens (tertiary/aromatic N) is 2. The van der Waals surface area contributed by atoms with E-state index in [0.717, 1.165) is 0 Å². The van der Waals surface area contributed by atoms with Crippen LogP contribution in [0, 0.1) is 0 Å². The number of hydrogen-bond donors (Lipinski definition) is 2. The quantitative estimate of drug-likeness (QED) is 0.831. The predicted molar refractivity (Wildman–Crippen MR) is 89.3 cm³/mol. The van der Waals surface area contributed by atoms with Gasteiger partial charge in [-0.2, -0.15) is 5.10 Å². The molecule has 2 aromatic rings. The molecule has 3 atom stereocenters. The molecule has 25 heavy (non-hydrogen) atoms. The van der Waals surface area contributed by atoms with E-state index in [2.05, 4.69) is 22.3 Å². The number of nitrogens with one attached hydrogen (secondary N) is 1. The monoisotopic (exact) mass is 341 g/mol. The van der Waals surface area contributed by atoms with Gasteiger partial charge in [0.25, 0.3) is 11.5 Å². The van der Waals surface area contributed by atoms with E-state index in [4.69, 9.17) is 4.74 Å². The molecule has 2 fully saturated rings. The Bertz CT molecular complexity index is 817. The summed E-state index contributed by atoms with van der Waals surface area (Å²) in [5.41, 5.74) is 0.234. The summed E-state index contributed by atoms with van der Waals surface area (Å²) in [5, 5.41) is 16.6. The van der Waals surface area contributed by atoms with Crippen molar-refractivity contribution in [3.63, 3.8) is 0 Å². The third kappa shape index (κ3) is 2.85. The van der Waals surface area contributed by atoms with E-state index < -0.39 is 11.7 Å². The number of aromatic nitrogens is 2. The molecule has 7 heteroatoms. The van der Waals surface area contributed by atoms with E-state index in [0.29, 0.717) is 19.6 Å². The van der Waals surface area contributed by atoms with Crippen molar-refractivity contribution in [1.29, 1.82) is 0 Å². The van der Waals surface area contributed by atoms with E-state index in [1.54, 1.807) is 4.90 Å². The average Bonchev–Trinajstić information content (AvgIpc) is 3.21. The maximum atomic E-state index is 12.6. The molecular formula is C18H19N3O4. The number of hydrogen-bond acceptors (Lipinski definition) is 5. The Morgan fingerprint density at radius 2 is 2.08 bits per heavy atom. The van der Waals surface area contributed by atoms with Crippen molar-refractivity contribution >= 4 is 5.91 Å². The van der Waals surface area contributed by atoms with Crippen molar-refractivity contribution in [2.24, 2.45) is 0 Å². The van der Waals surface area contributed by atoms with Crippen LogP contribution >= 0.6 is 0 Å². The van der Waals surface area contributed by atoms with E-state index >= 15 is 0 Å². The van der Waals surface area contributed by atoms with E-state index in [9.17, 15) is 14.7 Å². The molecule has 1 amide bonds. The van der Waals surface area contributed by atoms with Gasteiger partial charge < -0.3 is 14.7 Å². The largest absolute Gasteiger partial charge is 0.388 e. The molecule has 2 N–H and O–H groups in total. The lowest BCUT2D eigenvalue weighted by atomic mass is 9.87. The standard InChI is InChI=1S/C18H19N3O4/c22-15-9-21(17(24)14-6-7-16(23)20-19-14)11-18(15)8-13(10-25-18)12-4-2-1-3-5-12/h1-7,13,15,22H,8-11H2,(H,20,23)/t13-,15-,18-/m1/s1. The lowest BCUT2D eigenvalue weighted by molar-refractivity contribution is -0.0591. The van der Waals surface area contributed by atoms with Gasteiger partial charge >= 0.3 is 0 Å². The molecule has 7 nitrogen and oxygen atoms in total. The van der Waals surface area contributed by atoms with Crippen LogP contribution in [0.2, 0.25) is 0 Å². The SMILES string of the molecule is O=C(c1ccc(=O)[nH]n1)N1C[C@@H](O)[C@@]2(C[C@@H](c3ccccc3)CO2)C1. The molecular weight excluding hydrogens is 322 g/mol. The summed E-state index contributed by atoms with van der Waals surface area (Å²) in [6, 6.07) is 12.7. The Balaban J connectivity index is 1.51. The molecule has 0 unspecified atom stereocenters. The zero-order valence-electron chi connectivity index (χ0n) is 13.6. The summed E-state index contributed by atoms with van der Waals surface area (Å²) < 4.78 is 5.99. The van der Waals surface area contributed by atoms with Crippen LogP contribution in [0.25, 0.3) is 0 Å². The Hall–Kier alpha value is -2.51. The molecule has 2 aliphatic rings. The highest BCUT2D eigenvalue weighted by molar-refractivity contribution is 5.92. The van der Waals surface area contributed by atoms with Crippen molar-refractivity contribution in [3.05, 3.63) is 64.1 Å². The fourth-order valence-corrected chi connectivity index (χ4v) is 3.73. The first-order chi connectivity index (χ1) is 12.1. The van der Waals surface area contributed by atoms with Crippen molar-refractivity contribution in [2.75, 3.05) is 19.7 Å². The summed E-state index contributed by atoms with van der Waals surface area (Å²) in [6.45, 7) is 1.04. The molecule has 1 aromatic heterocycles. The van der Waals surface area contributed by atoms with Gasteiger partial charge in [-0.3, -0.25) is 9.59 Å². The molecule has 3 heterocycles. The zero-order valence-corrected chi connectivity index (χ0v) is 13.6. The van der Waals surface area contributed by atoms with Crippen LogP contribution in [0.4, 0.5) is 0 Å². The van der Waals surface area contributed by atoms with Gasteiger partial charge in [0.05, 0.1) is 13.2 Å². The van der Waals surface area contributed by atoms with E-state index in [1.165, 1.54) is 17.7 Å². The Kier molecular flexibility index (Phi) is 3.89. The van der Waals surface area contributed by atoms with E-state index in [-0.39, 0.29) is 29.6 Å². The van der Waals surface area contributed by atoms with Gasteiger partial charge in [0.15, 0.2) is 0 Å². The number of H-pyrrole nitrogens is 1. The number of carbonyl (C=O) groups is 1. The topological polar surface area (TPSA) is 95.5 Å². The fraction of sp³-hybridized carbons (Fsp3) is 0.389. The van der Waals surface area contributed by atoms with Crippen LogP contribution in [-0.4, -0.2) is 57.5 Å². The second kappa shape index (κ2) is 6.09. The maximum absolute atomic E-state index is 12.6. The smallest absolute Gasteiger partial charge is 0.274 e. The van der Waals surface area contributed by atoms with Crippen LogP contribution in [0.15, 0.2) is 47.3 Å². The molecule has 1 spiro atoms. The average molecular weight is 341 g/mol. The van der Waals surface area contributed by atoms with Crippen LogP contribution in [0.5, 0.6) is 0 Å². The fourth-order valence-electron chi connectivity index (χ4n) is 3.73. The highest BCUT2D eigenvalue weighted by Crippen LogP contribution is 2.42. The summed E-state index contributed by atoms with van der Waals surface area (Å²) >= 11 is 0. The molecule has 0 radical (unpaired) electrons. The van der Waals surface area contributed by atoms with Crippen LogP contribution in [0.1, 0.15) is 28.4 Å². The molecule has 2 saturated heterocycles. The van der Waals surface area contributed by atoms with Gasteiger partial charge in [-0.15, -0.1) is 0 Å². The third-order valence-corrected chi connectivity index (χ3v) is 5.08. The summed E-state index contributed by atoms with van der Waals surface area (Å²) in [4.78, 5) is 25.2. The zero-order chi connectivity index (χ0) is 17.4. The summed E-state index contributed by atoms with van der Waals surface area (Å²) in [7, 11) is 0. The first kappa shape index (κ1) is 16.0. The number of aromatic amines is 1. The minimum absolute atomic E-state index is 0.154. The number of amides is 1. The summed E-state index contributed by atoms with van der Waals surface area (Å²) in [6.07, 6.45) is -0.0750. The number of carbonyl (C=O) groups excluding carboxylic acids is 1. The Labute approximate surface area is 144 Å². The number of β-amino-alcohol motifs (C(OH)–C–C–N with tert-alkyl or cyclic N) is 1. The molecule has 0 aliphatic carbocycles. The molecule has 130 valence electrons. The highest BCUT2D eigenvalue weighted by atomic mass is 16.5. The Morgan fingerprint density at radius 1 is 1.28 bits per heavy atom. The molecule has 0 bridgehead atoms. The first-order valence-corrected chi connectivity index (χ1v) is 8.29. The number of benzene rings is 1. The van der Waals surface area contributed by atoms with Gasteiger partial charge in [0, 0.05) is 18.5 Å². The Morgan fingerprint density at radius 3 is 2.80 bits per heavy atom. The van der Waals surface area contributed by atoms with E-state index in [1.807, 2.05) is 18.2 Å². The minimum atomic E-state index is -0.743. The normalized spacial score (nSPS) is 28.6. The number of rotatable bonds is 2. The number of ether oxygens (including phenoxy) is 1. The van der Waals surface area contributed by atoms with Crippen LogP contribution in [-0.2, 0) is 4.74 Å². The van der Waals surface area contributed by atoms with Crippen LogP contribution in [0.3, 0.4) is 0 Å². The van der Waals surface area contributed by atoms with Gasteiger partial charge in [0.1, 0.15) is 17.4 Å². The molecule has 1 aromatic carbocycles. The van der Waals surface area contributed by atoms with Crippen LogP contribution < -0.4 is 5.56 Å². The number of aliphatic hydroxyl groups is 1. The lowest BCUT2D eigenvalue weighted by Crippen LogP contribution is -2.41. The van der Waals surface area contributed by atoms with Crippen molar-refractivity contribution in [2.45, 2.75) is 24.0 Å². The lowest BCUT2D eigenvalue weighted by Gasteiger charge is -2.25. The third-order valence-electron chi connectivity index (χ3n) is 5.08. The highest BCUT2D eigenvalue weighted by Gasteiger charge is 2.53. The second-order valence-corrected chi connectivity index (χ2v) is 6.70. The summed E-state index contributed by atoms with van der Waals surface area (Å²) in [5.74, 6) is -0.115. The minimum Gasteiger partial charge on any atom is -0.388 e. The van der Waals surface area contributed by atoms with Crippen molar-refractivity contribution in [1.82, 2.24) is 15.1 Å². The predicted octanol–water partition coefficient (Wildman–Crippen LogP) is 0.529. The first-order valence-electron chi connectivity index (χ1n) is 8.29. The van der Waals surface area contributed by atoms with Crippen molar-refractivity contribution < 1.29 is 14.6 Å². The van der Waals surface area contributed by atoms with Gasteiger partial charge in [-0.1, -0.05) is 30.3 Å². The molecule has 4 rings (SSSR count). The number of likely N-dealkylation sites (tertiary alicyclic amines) is 1. The van der Waals surface area contributed by atoms with Gasteiger partial charge in [0.2, 0.25) is 0 Å². The number of aliphatic hydroxyl groups excluding tert-OH is 1. The van der Waals surface area contributed by atoms with Gasteiger partial charge in [-0.05, 0) is 18.1 Å². The second-order valence-electron chi connectivity index (χ2n) is 6.70. The van der Waals surface area contributed by atoms with Gasteiger partial charge in [-0.25, -0.2) is 5.10 Å². The van der Waals surface area contributed by atoms with Crippen molar-refractivity contribution in [3.8, 4) is 0 Å². The maximum Gasteiger partial charge on any atom is 0.274 e. The molecule has 0 saturated carbocycles.